The molecule has 1 heterocycles. The maximum Gasteiger partial charge on any atom is 0.335 e. The first-order chi connectivity index (χ1) is 8.69. The molecule has 0 fully saturated rings. The molecule has 6 heteroatoms. The van der Waals surface area contributed by atoms with Gasteiger partial charge < -0.3 is 9.84 Å². The van der Waals surface area contributed by atoms with Crippen LogP contribution < -0.4 is 4.74 Å². The van der Waals surface area contributed by atoms with Crippen molar-refractivity contribution in [2.45, 2.75) is 10.1 Å². The molecule has 18 heavy (non-hydrogen) atoms. The van der Waals surface area contributed by atoms with Gasteiger partial charge in [-0.05, 0) is 30.0 Å². The summed E-state index contributed by atoms with van der Waals surface area (Å²) in [6, 6.07) is 8.26. The minimum absolute atomic E-state index is 0.239. The minimum Gasteiger partial charge on any atom is -0.481 e. The number of benzene rings is 1. The van der Waals surface area contributed by atoms with Crippen LogP contribution >= 0.6 is 11.8 Å². The standard InChI is InChI=1S/C12H10N2O3S/c1-17-10-5-6-13-12(14-10)18-9-4-2-3-8(7-9)11(15)16/h2-7H,1H3,(H,15,16). The normalized spacial score (nSPS) is 10.1. The van der Waals surface area contributed by atoms with Gasteiger partial charge in [0.05, 0.1) is 12.7 Å². The maximum absolute atomic E-state index is 10.8. The van der Waals surface area contributed by atoms with Crippen molar-refractivity contribution >= 4 is 17.7 Å². The largest absolute Gasteiger partial charge is 0.481 e. The Balaban J connectivity index is 2.22. The van der Waals surface area contributed by atoms with Gasteiger partial charge in [-0.15, -0.1) is 0 Å². The molecule has 2 rings (SSSR count). The van der Waals surface area contributed by atoms with E-state index in [-0.39, 0.29) is 5.56 Å². The van der Waals surface area contributed by atoms with Gasteiger partial charge >= 0.3 is 5.97 Å². The summed E-state index contributed by atoms with van der Waals surface area (Å²) >= 11 is 1.28. The molecule has 0 unspecified atom stereocenters. The van der Waals surface area contributed by atoms with E-state index in [2.05, 4.69) is 9.97 Å². The average Bonchev–Trinajstić information content (AvgIpc) is 2.39. The Morgan fingerprint density at radius 2 is 2.22 bits per heavy atom. The lowest BCUT2D eigenvalue weighted by atomic mass is 10.2. The van der Waals surface area contributed by atoms with Crippen molar-refractivity contribution in [2.75, 3.05) is 7.11 Å². The zero-order chi connectivity index (χ0) is 13.0. The summed E-state index contributed by atoms with van der Waals surface area (Å²) in [5.41, 5.74) is 0.239. The molecular formula is C12H10N2O3S. The Kier molecular flexibility index (Phi) is 3.78. The molecule has 0 atom stereocenters. The van der Waals surface area contributed by atoms with E-state index in [9.17, 15) is 4.79 Å². The monoisotopic (exact) mass is 262 g/mol. The molecule has 2 aromatic rings. The number of carbonyl (C=O) groups is 1. The molecule has 0 aliphatic rings. The van der Waals surface area contributed by atoms with Crippen molar-refractivity contribution in [2.24, 2.45) is 0 Å². The molecule has 0 bridgehead atoms. The second-order valence-corrected chi connectivity index (χ2v) is 4.36. The van der Waals surface area contributed by atoms with Crippen LogP contribution in [0.3, 0.4) is 0 Å². The Hall–Kier alpha value is -2.08. The zero-order valence-electron chi connectivity index (χ0n) is 9.53. The SMILES string of the molecule is COc1ccnc(Sc2cccc(C(=O)O)c2)n1. The number of ether oxygens (including phenoxy) is 1. The van der Waals surface area contributed by atoms with Gasteiger partial charge in [0, 0.05) is 17.2 Å². The van der Waals surface area contributed by atoms with E-state index in [4.69, 9.17) is 9.84 Å². The molecule has 0 saturated heterocycles. The molecule has 0 aliphatic carbocycles. The highest BCUT2D eigenvalue weighted by atomic mass is 32.2. The molecule has 0 amide bonds. The quantitative estimate of drug-likeness (QED) is 0.853. The number of rotatable bonds is 4. The lowest BCUT2D eigenvalue weighted by Crippen LogP contribution is -1.95. The molecule has 1 aromatic heterocycles. The van der Waals surface area contributed by atoms with Crippen LogP contribution in [0.2, 0.25) is 0 Å². The summed E-state index contributed by atoms with van der Waals surface area (Å²) < 4.78 is 5.00. The van der Waals surface area contributed by atoms with Crippen molar-refractivity contribution in [3.8, 4) is 5.88 Å². The van der Waals surface area contributed by atoms with Crippen LogP contribution in [-0.4, -0.2) is 28.2 Å². The van der Waals surface area contributed by atoms with Crippen LogP contribution in [0.5, 0.6) is 5.88 Å². The number of hydrogen-bond donors (Lipinski definition) is 1. The Morgan fingerprint density at radius 3 is 2.94 bits per heavy atom. The fourth-order valence-electron chi connectivity index (χ4n) is 1.29. The maximum atomic E-state index is 10.8. The van der Waals surface area contributed by atoms with E-state index in [0.29, 0.717) is 11.0 Å². The first-order valence-electron chi connectivity index (χ1n) is 5.07. The van der Waals surface area contributed by atoms with Crippen LogP contribution in [0.1, 0.15) is 10.4 Å². The minimum atomic E-state index is -0.955. The number of hydrogen-bond acceptors (Lipinski definition) is 5. The Labute approximate surface area is 108 Å². The van der Waals surface area contributed by atoms with Gasteiger partial charge in [-0.3, -0.25) is 0 Å². The van der Waals surface area contributed by atoms with Crippen molar-refractivity contribution in [1.82, 2.24) is 9.97 Å². The summed E-state index contributed by atoms with van der Waals surface area (Å²) in [6.45, 7) is 0. The topological polar surface area (TPSA) is 72.3 Å². The van der Waals surface area contributed by atoms with Crippen LogP contribution in [0.25, 0.3) is 0 Å². The van der Waals surface area contributed by atoms with Crippen molar-refractivity contribution < 1.29 is 14.6 Å². The summed E-state index contributed by atoms with van der Waals surface area (Å²) in [6.07, 6.45) is 1.59. The van der Waals surface area contributed by atoms with E-state index in [1.807, 2.05) is 0 Å². The summed E-state index contributed by atoms with van der Waals surface area (Å²) in [5.74, 6) is -0.481. The van der Waals surface area contributed by atoms with Crippen molar-refractivity contribution in [3.63, 3.8) is 0 Å². The third-order valence-corrected chi connectivity index (χ3v) is 2.98. The van der Waals surface area contributed by atoms with E-state index in [0.717, 1.165) is 4.90 Å². The lowest BCUT2D eigenvalue weighted by molar-refractivity contribution is 0.0696. The first kappa shape index (κ1) is 12.4. The van der Waals surface area contributed by atoms with E-state index in [1.165, 1.54) is 18.9 Å². The number of aromatic carboxylic acids is 1. The number of nitrogens with zero attached hydrogens (tertiary/aromatic N) is 2. The fraction of sp³-hybridized carbons (Fsp3) is 0.0833. The molecular weight excluding hydrogens is 252 g/mol. The predicted octanol–water partition coefficient (Wildman–Crippen LogP) is 2.33. The molecule has 5 nitrogen and oxygen atoms in total. The van der Waals surface area contributed by atoms with Gasteiger partial charge in [0.25, 0.3) is 0 Å². The molecule has 1 N–H and O–H groups in total. The number of carboxylic acid groups (broad SMARTS) is 1. The van der Waals surface area contributed by atoms with E-state index >= 15 is 0 Å². The molecule has 92 valence electrons. The third kappa shape index (κ3) is 2.98. The molecule has 0 spiro atoms. The van der Waals surface area contributed by atoms with Crippen molar-refractivity contribution in [1.29, 1.82) is 0 Å². The van der Waals surface area contributed by atoms with Crippen LogP contribution in [0.4, 0.5) is 0 Å². The molecule has 0 aliphatic heterocycles. The first-order valence-corrected chi connectivity index (χ1v) is 5.89. The van der Waals surface area contributed by atoms with Gasteiger partial charge in [0.1, 0.15) is 0 Å². The fourth-order valence-corrected chi connectivity index (χ4v) is 2.08. The highest BCUT2D eigenvalue weighted by Crippen LogP contribution is 2.26. The summed E-state index contributed by atoms with van der Waals surface area (Å²) in [7, 11) is 1.53. The van der Waals surface area contributed by atoms with E-state index < -0.39 is 5.97 Å². The number of methoxy groups -OCH3 is 1. The predicted molar refractivity (Wildman–Crippen MR) is 66.1 cm³/mol. The molecule has 1 aromatic carbocycles. The Morgan fingerprint density at radius 1 is 1.39 bits per heavy atom. The summed E-state index contributed by atoms with van der Waals surface area (Å²) in [5, 5.41) is 9.41. The summed E-state index contributed by atoms with van der Waals surface area (Å²) in [4.78, 5) is 19.8. The Bertz CT molecular complexity index is 575. The highest BCUT2D eigenvalue weighted by Gasteiger charge is 2.06. The number of aromatic nitrogens is 2. The molecule has 0 radical (unpaired) electrons. The second-order valence-electron chi connectivity index (χ2n) is 3.32. The third-order valence-electron chi connectivity index (χ3n) is 2.11. The van der Waals surface area contributed by atoms with Crippen molar-refractivity contribution in [3.05, 3.63) is 42.1 Å². The molecule has 0 saturated carbocycles. The van der Waals surface area contributed by atoms with Crippen LogP contribution in [0, 0.1) is 0 Å². The van der Waals surface area contributed by atoms with Gasteiger partial charge in [0.2, 0.25) is 5.88 Å². The number of carboxylic acids is 1. The lowest BCUT2D eigenvalue weighted by Gasteiger charge is -2.03. The zero-order valence-corrected chi connectivity index (χ0v) is 10.3. The van der Waals surface area contributed by atoms with Crippen LogP contribution in [0.15, 0.2) is 46.6 Å². The van der Waals surface area contributed by atoms with E-state index in [1.54, 1.807) is 36.5 Å². The highest BCUT2D eigenvalue weighted by molar-refractivity contribution is 7.99. The van der Waals surface area contributed by atoms with Gasteiger partial charge in [-0.2, -0.15) is 4.98 Å². The van der Waals surface area contributed by atoms with Gasteiger partial charge in [-0.1, -0.05) is 6.07 Å². The smallest absolute Gasteiger partial charge is 0.335 e. The second kappa shape index (κ2) is 5.50. The van der Waals surface area contributed by atoms with Crippen LogP contribution in [-0.2, 0) is 0 Å². The average molecular weight is 262 g/mol. The van der Waals surface area contributed by atoms with Gasteiger partial charge in [0.15, 0.2) is 5.16 Å². The van der Waals surface area contributed by atoms with Gasteiger partial charge in [-0.25, -0.2) is 9.78 Å².